The van der Waals surface area contributed by atoms with Crippen molar-refractivity contribution in [2.45, 2.75) is 38.7 Å². The molecular weight excluding hydrogens is 204 g/mol. The Bertz CT molecular complexity index is 279. The first-order valence-electron chi connectivity index (χ1n) is 5.91. The zero-order valence-corrected chi connectivity index (χ0v) is 10.0. The molecule has 0 aliphatic heterocycles. The van der Waals surface area contributed by atoms with Gasteiger partial charge in [-0.1, -0.05) is 13.3 Å². The average Bonchev–Trinajstić information content (AvgIpc) is 2.22. The van der Waals surface area contributed by atoms with Gasteiger partial charge in [-0.05, 0) is 25.2 Å². The van der Waals surface area contributed by atoms with Gasteiger partial charge >= 0.3 is 0 Å². The molecule has 1 N–H and O–H groups in total. The van der Waals surface area contributed by atoms with E-state index in [1.165, 1.54) is 0 Å². The topological polar surface area (TPSA) is 64.3 Å². The lowest BCUT2D eigenvalue weighted by atomic mass is 9.82. The molecule has 0 heterocycles. The number of nitrogens with zero attached hydrogens (tertiary/aromatic N) is 2. The van der Waals surface area contributed by atoms with Gasteiger partial charge in [-0.3, -0.25) is 4.79 Å². The van der Waals surface area contributed by atoms with Crippen molar-refractivity contribution in [3.63, 3.8) is 0 Å². The average molecular weight is 224 g/mol. The van der Waals surface area contributed by atoms with E-state index in [1.54, 1.807) is 11.9 Å². The zero-order chi connectivity index (χ0) is 12.1. The van der Waals surface area contributed by atoms with E-state index < -0.39 is 5.92 Å². The summed E-state index contributed by atoms with van der Waals surface area (Å²) in [6, 6.07) is 2.06. The standard InChI is InChI=1S/C12H20N2O2/c1-3-4-10(7-13)12(16)14(2)8-9-5-11(15)6-9/h9-11,15H,3-6,8H2,1-2H3. The minimum Gasteiger partial charge on any atom is -0.393 e. The summed E-state index contributed by atoms with van der Waals surface area (Å²) in [7, 11) is 1.74. The molecule has 1 unspecified atom stereocenters. The molecule has 0 radical (unpaired) electrons. The van der Waals surface area contributed by atoms with Crippen molar-refractivity contribution in [3.05, 3.63) is 0 Å². The highest BCUT2D eigenvalue weighted by atomic mass is 16.3. The summed E-state index contributed by atoms with van der Waals surface area (Å²) in [6.07, 6.45) is 2.86. The molecule has 0 aromatic rings. The molecule has 90 valence electrons. The number of carbonyl (C=O) groups excluding carboxylic acids is 1. The van der Waals surface area contributed by atoms with Gasteiger partial charge in [-0.2, -0.15) is 5.26 Å². The van der Waals surface area contributed by atoms with E-state index in [9.17, 15) is 4.79 Å². The first-order chi connectivity index (χ1) is 7.58. The second-order valence-electron chi connectivity index (χ2n) is 4.68. The minimum atomic E-state index is -0.500. The number of aliphatic hydroxyl groups is 1. The molecule has 4 heteroatoms. The van der Waals surface area contributed by atoms with Crippen molar-refractivity contribution < 1.29 is 9.90 Å². The predicted octanol–water partition coefficient (Wildman–Crippen LogP) is 1.16. The van der Waals surface area contributed by atoms with Crippen LogP contribution in [0.5, 0.6) is 0 Å². The fourth-order valence-corrected chi connectivity index (χ4v) is 2.12. The van der Waals surface area contributed by atoms with Crippen LogP contribution in [0.4, 0.5) is 0 Å². The number of rotatable bonds is 5. The minimum absolute atomic E-state index is 0.0780. The summed E-state index contributed by atoms with van der Waals surface area (Å²) in [6.45, 7) is 2.64. The SMILES string of the molecule is CCCC(C#N)C(=O)N(C)CC1CC(O)C1. The van der Waals surface area contributed by atoms with Crippen LogP contribution in [0.3, 0.4) is 0 Å². The Kier molecular flexibility index (Phi) is 4.75. The van der Waals surface area contributed by atoms with Crippen molar-refractivity contribution in [2.75, 3.05) is 13.6 Å². The highest BCUT2D eigenvalue weighted by molar-refractivity contribution is 5.80. The summed E-state index contributed by atoms with van der Waals surface area (Å²) in [4.78, 5) is 13.5. The molecule has 1 amide bonds. The molecule has 0 aromatic carbocycles. The molecule has 1 aliphatic rings. The van der Waals surface area contributed by atoms with Crippen molar-refractivity contribution in [3.8, 4) is 6.07 Å². The van der Waals surface area contributed by atoms with E-state index >= 15 is 0 Å². The molecule has 1 fully saturated rings. The summed E-state index contributed by atoms with van der Waals surface area (Å²) in [5.41, 5.74) is 0. The van der Waals surface area contributed by atoms with E-state index in [0.717, 1.165) is 19.3 Å². The van der Waals surface area contributed by atoms with Gasteiger partial charge in [0.2, 0.25) is 5.91 Å². The third-order valence-electron chi connectivity index (χ3n) is 3.15. The van der Waals surface area contributed by atoms with Crippen LogP contribution in [0.2, 0.25) is 0 Å². The molecule has 0 saturated heterocycles. The van der Waals surface area contributed by atoms with Crippen LogP contribution >= 0.6 is 0 Å². The molecule has 1 aliphatic carbocycles. The summed E-state index contributed by atoms with van der Waals surface area (Å²) >= 11 is 0. The fraction of sp³-hybridized carbons (Fsp3) is 0.833. The largest absolute Gasteiger partial charge is 0.393 e. The molecule has 4 nitrogen and oxygen atoms in total. The van der Waals surface area contributed by atoms with E-state index in [-0.39, 0.29) is 12.0 Å². The van der Waals surface area contributed by atoms with Gasteiger partial charge in [-0.25, -0.2) is 0 Å². The Morgan fingerprint density at radius 1 is 1.62 bits per heavy atom. The van der Waals surface area contributed by atoms with Gasteiger partial charge in [-0.15, -0.1) is 0 Å². The second kappa shape index (κ2) is 5.86. The van der Waals surface area contributed by atoms with Gasteiger partial charge in [0.05, 0.1) is 12.2 Å². The van der Waals surface area contributed by atoms with Gasteiger partial charge in [0.15, 0.2) is 0 Å². The molecule has 1 saturated carbocycles. The molecule has 16 heavy (non-hydrogen) atoms. The number of amides is 1. The predicted molar refractivity (Wildman–Crippen MR) is 60.4 cm³/mol. The first-order valence-corrected chi connectivity index (χ1v) is 5.91. The quantitative estimate of drug-likeness (QED) is 0.762. The maximum Gasteiger partial charge on any atom is 0.239 e. The van der Waals surface area contributed by atoms with E-state index in [0.29, 0.717) is 18.9 Å². The first kappa shape index (κ1) is 13.0. The van der Waals surface area contributed by atoms with Crippen LogP contribution in [0, 0.1) is 23.2 Å². The highest BCUT2D eigenvalue weighted by Crippen LogP contribution is 2.28. The molecular formula is C12H20N2O2. The van der Waals surface area contributed by atoms with Crippen LogP contribution in [0.15, 0.2) is 0 Å². The van der Waals surface area contributed by atoms with Crippen LogP contribution in [-0.4, -0.2) is 35.6 Å². The lowest BCUT2D eigenvalue weighted by Crippen LogP contribution is -2.41. The van der Waals surface area contributed by atoms with Gasteiger partial charge < -0.3 is 10.0 Å². The second-order valence-corrected chi connectivity index (χ2v) is 4.68. The number of nitriles is 1. The van der Waals surface area contributed by atoms with Crippen molar-refractivity contribution >= 4 is 5.91 Å². The van der Waals surface area contributed by atoms with Crippen LogP contribution in [-0.2, 0) is 4.79 Å². The van der Waals surface area contributed by atoms with Gasteiger partial charge in [0.25, 0.3) is 0 Å². The van der Waals surface area contributed by atoms with E-state index in [2.05, 4.69) is 6.07 Å². The van der Waals surface area contributed by atoms with E-state index in [1.807, 2.05) is 6.92 Å². The monoisotopic (exact) mass is 224 g/mol. The van der Waals surface area contributed by atoms with Crippen molar-refractivity contribution in [1.82, 2.24) is 4.90 Å². The molecule has 0 aromatic heterocycles. The number of hydrogen-bond acceptors (Lipinski definition) is 3. The maximum absolute atomic E-state index is 11.9. The highest BCUT2D eigenvalue weighted by Gasteiger charge is 2.30. The van der Waals surface area contributed by atoms with Crippen LogP contribution in [0.25, 0.3) is 0 Å². The Labute approximate surface area is 96.9 Å². The summed E-state index contributed by atoms with van der Waals surface area (Å²) in [5.74, 6) is -0.171. The van der Waals surface area contributed by atoms with Gasteiger partial charge in [0.1, 0.15) is 5.92 Å². The molecule has 1 rings (SSSR count). The van der Waals surface area contributed by atoms with Crippen molar-refractivity contribution in [1.29, 1.82) is 5.26 Å². The summed E-state index contributed by atoms with van der Waals surface area (Å²) in [5, 5.41) is 18.0. The van der Waals surface area contributed by atoms with Gasteiger partial charge in [0, 0.05) is 13.6 Å². The molecule has 0 spiro atoms. The van der Waals surface area contributed by atoms with Crippen LogP contribution < -0.4 is 0 Å². The van der Waals surface area contributed by atoms with Crippen molar-refractivity contribution in [2.24, 2.45) is 11.8 Å². The Morgan fingerprint density at radius 2 is 2.25 bits per heavy atom. The fourth-order valence-electron chi connectivity index (χ4n) is 2.12. The third kappa shape index (κ3) is 3.21. The normalized spacial score (nSPS) is 25.4. The Hall–Kier alpha value is -1.08. The van der Waals surface area contributed by atoms with Crippen LogP contribution in [0.1, 0.15) is 32.6 Å². The zero-order valence-electron chi connectivity index (χ0n) is 10.0. The smallest absolute Gasteiger partial charge is 0.239 e. The maximum atomic E-state index is 11.9. The third-order valence-corrected chi connectivity index (χ3v) is 3.15. The number of aliphatic hydroxyl groups excluding tert-OH is 1. The number of carbonyl (C=O) groups is 1. The molecule has 0 bridgehead atoms. The lowest BCUT2D eigenvalue weighted by Gasteiger charge is -2.34. The Balaban J connectivity index is 2.37. The lowest BCUT2D eigenvalue weighted by molar-refractivity contribution is -0.134. The van der Waals surface area contributed by atoms with E-state index in [4.69, 9.17) is 10.4 Å². The summed E-state index contributed by atoms with van der Waals surface area (Å²) < 4.78 is 0. The Morgan fingerprint density at radius 3 is 2.69 bits per heavy atom. The molecule has 1 atom stereocenters. The number of hydrogen-bond donors (Lipinski definition) is 1.